The summed E-state index contributed by atoms with van der Waals surface area (Å²) in [4.78, 5) is 34.8. The summed E-state index contributed by atoms with van der Waals surface area (Å²) < 4.78 is 2.10. The number of Topliss-reactive ketones (excluding diaryl/α,β-unsaturated/α-hetero) is 2. The highest BCUT2D eigenvalue weighted by molar-refractivity contribution is 7.15. The molecule has 0 radical (unpaired) electrons. The lowest BCUT2D eigenvalue weighted by Crippen LogP contribution is -2.36. The number of nitrogens with two attached hydrogens (primary N) is 1. The Bertz CT molecular complexity index is 1490. The Kier molecular flexibility index (Phi) is 11.2. The monoisotopic (exact) mass is 636 g/mol. The number of fused-ring (bicyclic) bond motifs is 3. The maximum atomic E-state index is 13.4. The lowest BCUT2D eigenvalue weighted by molar-refractivity contribution is -0.124. The summed E-state index contributed by atoms with van der Waals surface area (Å²) in [5.41, 5.74) is 9.67. The first-order chi connectivity index (χ1) is 21.3. The molecule has 0 bridgehead atoms. The molecule has 2 aromatic heterocycles. The van der Waals surface area contributed by atoms with Crippen LogP contribution in [0.1, 0.15) is 103 Å². The van der Waals surface area contributed by atoms with E-state index in [0.717, 1.165) is 98.1 Å². The molecule has 0 amide bonds. The van der Waals surface area contributed by atoms with E-state index in [2.05, 4.69) is 33.5 Å². The molecule has 10 heteroatoms. The van der Waals surface area contributed by atoms with Gasteiger partial charge in [-0.25, -0.2) is 0 Å². The highest BCUT2D eigenvalue weighted by atomic mass is 35.5. The van der Waals surface area contributed by atoms with Crippen LogP contribution in [0.4, 0.5) is 0 Å². The molecule has 2 N–H and O–H groups in total. The van der Waals surface area contributed by atoms with Gasteiger partial charge in [-0.15, -0.1) is 21.5 Å². The highest BCUT2D eigenvalue weighted by Crippen LogP contribution is 2.39. The second-order valence-corrected chi connectivity index (χ2v) is 13.9. The van der Waals surface area contributed by atoms with Gasteiger partial charge in [0, 0.05) is 46.2 Å². The van der Waals surface area contributed by atoms with Gasteiger partial charge >= 0.3 is 0 Å². The molecule has 0 spiro atoms. The largest absolute Gasteiger partial charge is 0.330 e. The van der Waals surface area contributed by atoms with Crippen molar-refractivity contribution in [1.82, 2.24) is 19.7 Å². The fourth-order valence-corrected chi connectivity index (χ4v) is 7.75. The molecule has 236 valence electrons. The summed E-state index contributed by atoms with van der Waals surface area (Å²) in [6.07, 6.45) is 8.24. The number of carbonyl (C=O) groups excluding carboxylic acids is 2. The van der Waals surface area contributed by atoms with E-state index < -0.39 is 6.04 Å². The first-order valence-electron chi connectivity index (χ1n) is 16.1. The highest BCUT2D eigenvalue weighted by Gasteiger charge is 2.32. The van der Waals surface area contributed by atoms with Crippen LogP contribution in [0.25, 0.3) is 5.00 Å². The standard InChI is InChI=1S/C34H45ClN6O2S/c1-22-23(2)44-34-31(22)32(26-11-13-27(35)14-12-26)37-29(33-39-38-24(3)41(33)34)21-28(42)9-6-8-18-40-19-15-25(16-20-40)30(43)10-5-4-7-17-36/h11-14,25,29H,4-10,15-21,36H2,1-3H3/t29-/m0/s1. The fraction of sp³-hybridized carbons (Fsp3) is 0.559. The molecular formula is C34H45ClN6O2S. The van der Waals surface area contributed by atoms with Crippen molar-refractivity contribution in [3.8, 4) is 5.00 Å². The summed E-state index contributed by atoms with van der Waals surface area (Å²) in [5, 5.41) is 10.7. The van der Waals surface area contributed by atoms with Gasteiger partial charge in [-0.2, -0.15) is 0 Å². The molecule has 3 aromatic rings. The first-order valence-corrected chi connectivity index (χ1v) is 17.3. The number of likely N-dealkylation sites (tertiary alicyclic amines) is 1. The zero-order valence-corrected chi connectivity index (χ0v) is 27.9. The Balaban J connectivity index is 1.19. The average molecular weight is 637 g/mol. The zero-order chi connectivity index (χ0) is 31.2. The average Bonchev–Trinajstić information content (AvgIpc) is 3.50. The van der Waals surface area contributed by atoms with Crippen LogP contribution in [0.5, 0.6) is 0 Å². The summed E-state index contributed by atoms with van der Waals surface area (Å²) in [6, 6.07) is 7.35. The number of aliphatic imine (C=N–C) groups is 1. The zero-order valence-electron chi connectivity index (χ0n) is 26.3. The minimum atomic E-state index is -0.416. The van der Waals surface area contributed by atoms with Crippen molar-refractivity contribution in [1.29, 1.82) is 0 Å². The molecule has 1 fully saturated rings. The van der Waals surface area contributed by atoms with Gasteiger partial charge in [0.25, 0.3) is 0 Å². The lowest BCUT2D eigenvalue weighted by atomic mass is 9.90. The van der Waals surface area contributed by atoms with E-state index in [1.165, 1.54) is 10.4 Å². The number of halogens is 1. The molecule has 0 saturated carbocycles. The molecule has 1 atom stereocenters. The van der Waals surface area contributed by atoms with Gasteiger partial charge in [-0.1, -0.05) is 30.2 Å². The third-order valence-corrected chi connectivity index (χ3v) is 10.6. The molecule has 5 rings (SSSR count). The van der Waals surface area contributed by atoms with Crippen LogP contribution in [-0.4, -0.2) is 63.1 Å². The van der Waals surface area contributed by atoms with Crippen LogP contribution in [-0.2, 0) is 9.59 Å². The van der Waals surface area contributed by atoms with E-state index in [1.54, 1.807) is 11.3 Å². The minimum absolute atomic E-state index is 0.193. The van der Waals surface area contributed by atoms with Crippen LogP contribution in [0.2, 0.25) is 5.02 Å². The summed E-state index contributed by atoms with van der Waals surface area (Å²) >= 11 is 7.94. The predicted octanol–water partition coefficient (Wildman–Crippen LogP) is 6.73. The van der Waals surface area contributed by atoms with Crippen molar-refractivity contribution in [2.45, 2.75) is 91.0 Å². The number of benzene rings is 1. The third-order valence-electron chi connectivity index (χ3n) is 9.13. The van der Waals surface area contributed by atoms with Gasteiger partial charge in [-0.05, 0) is 103 Å². The van der Waals surface area contributed by atoms with Crippen molar-refractivity contribution in [3.63, 3.8) is 0 Å². The SMILES string of the molecule is Cc1sc2c(c1C)C(c1ccc(Cl)cc1)=N[C@@H](CC(=O)CCCCN1CCC(C(=O)CCCCCN)CC1)c1nnc(C)n1-2. The number of nitrogens with zero attached hydrogens (tertiary/aromatic N) is 5. The molecular weight excluding hydrogens is 592 g/mol. The van der Waals surface area contributed by atoms with Gasteiger partial charge in [0.2, 0.25) is 0 Å². The normalized spacial score (nSPS) is 17.2. The van der Waals surface area contributed by atoms with E-state index in [9.17, 15) is 9.59 Å². The number of ketones is 2. The molecule has 0 aliphatic carbocycles. The quantitative estimate of drug-likeness (QED) is 0.197. The fourth-order valence-electron chi connectivity index (χ4n) is 6.41. The minimum Gasteiger partial charge on any atom is -0.330 e. The van der Waals surface area contributed by atoms with Gasteiger partial charge in [-0.3, -0.25) is 19.1 Å². The van der Waals surface area contributed by atoms with Crippen molar-refractivity contribution < 1.29 is 9.59 Å². The van der Waals surface area contributed by atoms with E-state index >= 15 is 0 Å². The molecule has 2 aliphatic rings. The topological polar surface area (TPSA) is 106 Å². The third kappa shape index (κ3) is 7.56. The molecule has 0 unspecified atom stereocenters. The number of piperidine rings is 1. The Morgan fingerprint density at radius 2 is 1.70 bits per heavy atom. The van der Waals surface area contributed by atoms with Crippen molar-refractivity contribution in [2.75, 3.05) is 26.2 Å². The maximum absolute atomic E-state index is 13.4. The Morgan fingerprint density at radius 3 is 2.43 bits per heavy atom. The Hall–Kier alpha value is -2.72. The number of thiophene rings is 1. The summed E-state index contributed by atoms with van der Waals surface area (Å²) in [5.74, 6) is 2.35. The van der Waals surface area contributed by atoms with Crippen molar-refractivity contribution in [2.24, 2.45) is 16.6 Å². The lowest BCUT2D eigenvalue weighted by Gasteiger charge is -2.31. The van der Waals surface area contributed by atoms with Crippen molar-refractivity contribution >= 4 is 40.2 Å². The van der Waals surface area contributed by atoms with Crippen LogP contribution < -0.4 is 5.73 Å². The van der Waals surface area contributed by atoms with Gasteiger partial charge < -0.3 is 10.6 Å². The second-order valence-electron chi connectivity index (χ2n) is 12.3. The number of hydrogen-bond acceptors (Lipinski definition) is 8. The first kappa shape index (κ1) is 32.7. The molecule has 2 aliphatic heterocycles. The Labute approximate surface area is 270 Å². The van der Waals surface area contributed by atoms with E-state index in [1.807, 2.05) is 31.2 Å². The summed E-state index contributed by atoms with van der Waals surface area (Å²) in [7, 11) is 0. The van der Waals surface area contributed by atoms with Crippen LogP contribution in [0.3, 0.4) is 0 Å². The molecule has 8 nitrogen and oxygen atoms in total. The molecule has 44 heavy (non-hydrogen) atoms. The van der Waals surface area contributed by atoms with E-state index in [-0.39, 0.29) is 11.7 Å². The Morgan fingerprint density at radius 1 is 0.977 bits per heavy atom. The van der Waals surface area contributed by atoms with Crippen LogP contribution in [0.15, 0.2) is 29.3 Å². The predicted molar refractivity (Wildman–Crippen MR) is 178 cm³/mol. The number of carbonyl (C=O) groups is 2. The van der Waals surface area contributed by atoms with E-state index in [0.29, 0.717) is 36.6 Å². The van der Waals surface area contributed by atoms with Gasteiger partial charge in [0.1, 0.15) is 28.4 Å². The van der Waals surface area contributed by atoms with Gasteiger partial charge in [0.15, 0.2) is 5.82 Å². The number of hydrogen-bond donors (Lipinski definition) is 1. The van der Waals surface area contributed by atoms with Crippen molar-refractivity contribution in [3.05, 3.63) is 62.5 Å². The molecule has 1 aromatic carbocycles. The number of aromatic nitrogens is 3. The second kappa shape index (κ2) is 15.0. The maximum Gasteiger partial charge on any atom is 0.163 e. The number of unbranched alkanes of at least 4 members (excludes halogenated alkanes) is 3. The summed E-state index contributed by atoms with van der Waals surface area (Å²) in [6.45, 7) is 9.83. The van der Waals surface area contributed by atoms with Gasteiger partial charge in [0.05, 0.1) is 5.71 Å². The number of aryl methyl sites for hydroxylation is 2. The number of rotatable bonds is 14. The molecule has 1 saturated heterocycles. The smallest absolute Gasteiger partial charge is 0.163 e. The van der Waals surface area contributed by atoms with Crippen LogP contribution >= 0.6 is 22.9 Å². The van der Waals surface area contributed by atoms with Crippen LogP contribution in [0, 0.1) is 26.7 Å². The van der Waals surface area contributed by atoms with E-state index in [4.69, 9.17) is 22.3 Å². The molecule has 4 heterocycles.